The van der Waals surface area contributed by atoms with E-state index in [0.717, 1.165) is 12.3 Å². The first kappa shape index (κ1) is 12.9. The van der Waals surface area contributed by atoms with Crippen molar-refractivity contribution in [3.63, 3.8) is 0 Å². The zero-order valence-corrected chi connectivity index (χ0v) is 11.6. The highest BCUT2D eigenvalue weighted by Crippen LogP contribution is 2.63. The lowest BCUT2D eigenvalue weighted by Gasteiger charge is -2.40. The van der Waals surface area contributed by atoms with E-state index in [1.165, 1.54) is 32.6 Å². The zero-order chi connectivity index (χ0) is 13.8. The number of carbonyl (C=O) groups excluding carboxylic acids is 1. The molecule has 3 aliphatic carbocycles. The monoisotopic (exact) mass is 266 g/mol. The fourth-order valence-electron chi connectivity index (χ4n) is 4.92. The van der Waals surface area contributed by atoms with Crippen LogP contribution >= 0.6 is 0 Å². The van der Waals surface area contributed by atoms with Gasteiger partial charge in [-0.05, 0) is 57.3 Å². The average Bonchev–Trinajstić information content (AvgIpc) is 2.97. The summed E-state index contributed by atoms with van der Waals surface area (Å²) >= 11 is 0. The van der Waals surface area contributed by atoms with Crippen LogP contribution < -0.4 is 0 Å². The summed E-state index contributed by atoms with van der Waals surface area (Å²) in [5.41, 5.74) is -0.420. The van der Waals surface area contributed by atoms with Gasteiger partial charge in [0.2, 0.25) is 0 Å². The number of fused-ring (bicyclic) bond motifs is 5. The Morgan fingerprint density at radius 1 is 1.32 bits per heavy atom. The van der Waals surface area contributed by atoms with Gasteiger partial charge in [0.1, 0.15) is 5.60 Å². The summed E-state index contributed by atoms with van der Waals surface area (Å²) in [6, 6.07) is 0. The van der Waals surface area contributed by atoms with Gasteiger partial charge in [-0.15, -0.1) is 0 Å². The van der Waals surface area contributed by atoms with Crippen molar-refractivity contribution in [3.05, 3.63) is 0 Å². The predicted molar refractivity (Wildman–Crippen MR) is 68.3 cm³/mol. The Labute approximate surface area is 113 Å². The van der Waals surface area contributed by atoms with Crippen molar-refractivity contribution in [3.8, 4) is 0 Å². The third-order valence-electron chi connectivity index (χ3n) is 5.81. The fourth-order valence-corrected chi connectivity index (χ4v) is 4.92. The van der Waals surface area contributed by atoms with E-state index in [4.69, 9.17) is 9.84 Å². The first-order valence-electron chi connectivity index (χ1n) is 7.38. The van der Waals surface area contributed by atoms with Crippen LogP contribution in [0.4, 0.5) is 0 Å². The summed E-state index contributed by atoms with van der Waals surface area (Å²) < 4.78 is 5.64. The second-order valence-corrected chi connectivity index (χ2v) is 6.86. The molecule has 3 aliphatic rings. The Morgan fingerprint density at radius 3 is 2.68 bits per heavy atom. The van der Waals surface area contributed by atoms with Gasteiger partial charge in [0, 0.05) is 5.92 Å². The maximum Gasteiger partial charge on any atom is 0.320 e. The Hall–Kier alpha value is -1.06. The molecule has 0 aromatic heterocycles. The maximum absolute atomic E-state index is 11.9. The molecule has 106 valence electrons. The summed E-state index contributed by atoms with van der Waals surface area (Å²) in [6.07, 6.45) is 5.99. The van der Waals surface area contributed by atoms with Crippen molar-refractivity contribution in [2.45, 2.75) is 51.6 Å². The molecule has 0 aromatic rings. The van der Waals surface area contributed by atoms with Crippen LogP contribution in [0.3, 0.4) is 0 Å². The largest absolute Gasteiger partial charge is 0.481 e. The Bertz CT molecular complexity index is 418. The van der Waals surface area contributed by atoms with Gasteiger partial charge in [0.15, 0.2) is 5.92 Å². The molecule has 0 radical (unpaired) electrons. The van der Waals surface area contributed by atoms with Crippen molar-refractivity contribution in [1.29, 1.82) is 0 Å². The van der Waals surface area contributed by atoms with E-state index in [9.17, 15) is 9.59 Å². The zero-order valence-electron chi connectivity index (χ0n) is 11.6. The molecular weight excluding hydrogens is 244 g/mol. The predicted octanol–water partition coefficient (Wildman–Crippen LogP) is 2.47. The number of esters is 1. The molecule has 6 unspecified atom stereocenters. The number of rotatable bonds is 3. The smallest absolute Gasteiger partial charge is 0.320 e. The second-order valence-electron chi connectivity index (χ2n) is 6.86. The summed E-state index contributed by atoms with van der Waals surface area (Å²) in [4.78, 5) is 22.8. The molecule has 6 atom stereocenters. The molecule has 0 spiro atoms. The van der Waals surface area contributed by atoms with Crippen molar-refractivity contribution >= 4 is 11.9 Å². The normalized spacial score (nSPS) is 44.9. The molecule has 0 saturated heterocycles. The van der Waals surface area contributed by atoms with E-state index >= 15 is 0 Å². The highest BCUT2D eigenvalue weighted by Gasteiger charge is 2.60. The minimum atomic E-state index is -1.10. The van der Waals surface area contributed by atoms with Crippen LogP contribution in [0.2, 0.25) is 0 Å². The maximum atomic E-state index is 11.9. The average molecular weight is 266 g/mol. The van der Waals surface area contributed by atoms with Gasteiger partial charge in [-0.2, -0.15) is 0 Å². The Kier molecular flexibility index (Phi) is 2.88. The van der Waals surface area contributed by atoms with Gasteiger partial charge in [0.25, 0.3) is 0 Å². The molecule has 3 fully saturated rings. The molecular formula is C15H22O4. The molecule has 19 heavy (non-hydrogen) atoms. The highest BCUT2D eigenvalue weighted by atomic mass is 16.6. The first-order chi connectivity index (χ1) is 8.92. The van der Waals surface area contributed by atoms with Gasteiger partial charge < -0.3 is 9.84 Å². The first-order valence-corrected chi connectivity index (χ1v) is 7.38. The minimum Gasteiger partial charge on any atom is -0.481 e. The number of carboxylic acid groups (broad SMARTS) is 1. The second kappa shape index (κ2) is 4.22. The third-order valence-corrected chi connectivity index (χ3v) is 5.81. The Morgan fingerprint density at radius 2 is 2.00 bits per heavy atom. The summed E-state index contributed by atoms with van der Waals surface area (Å²) in [5.74, 6) is -0.0429. The number of aliphatic carboxylic acids is 1. The fraction of sp³-hybridized carbons (Fsp3) is 0.867. The molecule has 2 bridgehead atoms. The van der Waals surface area contributed by atoms with Crippen molar-refractivity contribution in [2.75, 3.05) is 0 Å². The SMILES string of the molecule is CC(C(=O)O)C(=O)OC1(C)CC2CC1C1CCCC21. The van der Waals surface area contributed by atoms with Crippen molar-refractivity contribution < 1.29 is 19.4 Å². The molecule has 1 N–H and O–H groups in total. The Balaban J connectivity index is 1.72. The van der Waals surface area contributed by atoms with Crippen LogP contribution in [-0.4, -0.2) is 22.6 Å². The quantitative estimate of drug-likeness (QED) is 0.629. The highest BCUT2D eigenvalue weighted by molar-refractivity contribution is 5.93. The van der Waals surface area contributed by atoms with E-state index in [-0.39, 0.29) is 0 Å². The topological polar surface area (TPSA) is 63.6 Å². The standard InChI is InChI=1S/C15H22O4/c1-8(13(16)17)14(18)19-15(2)7-9-6-12(15)11-5-3-4-10(9)11/h8-12H,3-7H2,1-2H3,(H,16,17). The molecule has 0 aliphatic heterocycles. The molecule has 3 rings (SSSR count). The van der Waals surface area contributed by atoms with Gasteiger partial charge >= 0.3 is 11.9 Å². The summed E-state index contributed by atoms with van der Waals surface area (Å²) in [6.45, 7) is 3.41. The molecule has 4 heteroatoms. The van der Waals surface area contributed by atoms with E-state index < -0.39 is 23.5 Å². The number of carboxylic acids is 1. The molecule has 0 heterocycles. The van der Waals surface area contributed by atoms with E-state index in [1.54, 1.807) is 0 Å². The summed E-state index contributed by atoms with van der Waals surface area (Å²) in [5, 5.41) is 8.89. The third kappa shape index (κ3) is 1.87. The van der Waals surface area contributed by atoms with Crippen LogP contribution in [-0.2, 0) is 14.3 Å². The lowest BCUT2D eigenvalue weighted by Crippen LogP contribution is -2.44. The molecule has 0 aromatic carbocycles. The summed E-state index contributed by atoms with van der Waals surface area (Å²) in [7, 11) is 0. The lowest BCUT2D eigenvalue weighted by molar-refractivity contribution is -0.175. The van der Waals surface area contributed by atoms with Gasteiger partial charge in [-0.1, -0.05) is 6.42 Å². The number of ether oxygens (including phenoxy) is 1. The molecule has 3 saturated carbocycles. The minimum absolute atomic E-state index is 0.420. The number of carbonyl (C=O) groups is 2. The van der Waals surface area contributed by atoms with Crippen LogP contribution in [0.5, 0.6) is 0 Å². The number of hydrogen-bond donors (Lipinski definition) is 1. The van der Waals surface area contributed by atoms with Gasteiger partial charge in [-0.3, -0.25) is 9.59 Å². The van der Waals surface area contributed by atoms with Crippen LogP contribution in [0.25, 0.3) is 0 Å². The van der Waals surface area contributed by atoms with Gasteiger partial charge in [-0.25, -0.2) is 0 Å². The van der Waals surface area contributed by atoms with E-state index in [1.807, 2.05) is 6.92 Å². The van der Waals surface area contributed by atoms with Gasteiger partial charge in [0.05, 0.1) is 0 Å². The van der Waals surface area contributed by atoms with E-state index in [0.29, 0.717) is 17.8 Å². The van der Waals surface area contributed by atoms with E-state index in [2.05, 4.69) is 0 Å². The number of hydrogen-bond acceptors (Lipinski definition) is 3. The van der Waals surface area contributed by atoms with Crippen LogP contribution in [0, 0.1) is 29.6 Å². The lowest BCUT2D eigenvalue weighted by atomic mass is 9.73. The van der Waals surface area contributed by atoms with Crippen LogP contribution in [0.1, 0.15) is 46.0 Å². The van der Waals surface area contributed by atoms with Crippen LogP contribution in [0.15, 0.2) is 0 Å². The molecule has 4 nitrogen and oxygen atoms in total. The van der Waals surface area contributed by atoms with Crippen molar-refractivity contribution in [2.24, 2.45) is 29.6 Å². The molecule has 0 amide bonds. The van der Waals surface area contributed by atoms with Crippen molar-refractivity contribution in [1.82, 2.24) is 0 Å².